The Labute approximate surface area is 124 Å². The topological polar surface area (TPSA) is 49.9 Å². The second kappa shape index (κ2) is 7.87. The molecule has 1 aromatic heterocycles. The van der Waals surface area contributed by atoms with Crippen molar-refractivity contribution in [1.82, 2.24) is 15.5 Å². The van der Waals surface area contributed by atoms with Gasteiger partial charge in [-0.05, 0) is 26.0 Å². The van der Waals surface area contributed by atoms with Gasteiger partial charge in [-0.1, -0.05) is 6.07 Å². The second-order valence-electron chi connectivity index (χ2n) is 4.57. The van der Waals surface area contributed by atoms with Crippen molar-refractivity contribution in [2.24, 2.45) is 0 Å². The molecule has 1 heterocycles. The molecule has 0 amide bonds. The van der Waals surface area contributed by atoms with Gasteiger partial charge in [-0.2, -0.15) is 5.10 Å². The predicted molar refractivity (Wildman–Crippen MR) is 78.8 cm³/mol. The Bertz CT molecular complexity index is 533. The first-order valence-corrected chi connectivity index (χ1v) is 6.26. The van der Waals surface area contributed by atoms with Crippen LogP contribution in [0.25, 0.3) is 0 Å². The van der Waals surface area contributed by atoms with Gasteiger partial charge in [-0.3, -0.25) is 5.10 Å². The molecule has 110 valence electrons. The maximum Gasteiger partial charge on any atom is 0.126 e. The molecule has 20 heavy (non-hydrogen) atoms. The molecule has 0 radical (unpaired) electrons. The number of halogens is 2. The summed E-state index contributed by atoms with van der Waals surface area (Å²) in [5.41, 5.74) is 2.20. The lowest BCUT2D eigenvalue weighted by Crippen LogP contribution is -2.31. The summed E-state index contributed by atoms with van der Waals surface area (Å²) in [5.74, 6) is 0.264. The summed E-state index contributed by atoms with van der Waals surface area (Å²) in [6.45, 7) is 5.23. The molecule has 1 atom stereocenters. The average Bonchev–Trinajstić information content (AvgIpc) is 2.80. The standard InChI is InChI=1S/C14H18FN3O.ClH/c1-10(16-7-12-8-17-18-11(12)2)9-19-14-5-3-4-13(15)6-14;/h3-6,8,10,16H,7,9H2,1-2H3,(H,17,18);1H. The lowest BCUT2D eigenvalue weighted by atomic mass is 10.2. The Morgan fingerprint density at radius 1 is 1.45 bits per heavy atom. The van der Waals surface area contributed by atoms with Gasteiger partial charge in [0.05, 0.1) is 6.20 Å². The van der Waals surface area contributed by atoms with Crippen molar-refractivity contribution < 1.29 is 9.13 Å². The molecule has 4 nitrogen and oxygen atoms in total. The average molecular weight is 300 g/mol. The predicted octanol–water partition coefficient (Wildman–Crippen LogP) is 2.84. The number of ether oxygens (including phenoxy) is 1. The van der Waals surface area contributed by atoms with E-state index < -0.39 is 0 Å². The zero-order chi connectivity index (χ0) is 13.7. The van der Waals surface area contributed by atoms with Crippen LogP contribution in [0.2, 0.25) is 0 Å². The number of aromatic amines is 1. The van der Waals surface area contributed by atoms with Gasteiger partial charge in [0.25, 0.3) is 0 Å². The first-order valence-electron chi connectivity index (χ1n) is 6.26. The number of nitrogens with one attached hydrogen (secondary N) is 2. The molecule has 2 aromatic rings. The summed E-state index contributed by atoms with van der Waals surface area (Å²) in [4.78, 5) is 0. The number of benzene rings is 1. The second-order valence-corrected chi connectivity index (χ2v) is 4.57. The van der Waals surface area contributed by atoms with Crippen molar-refractivity contribution in [3.8, 4) is 5.75 Å². The highest BCUT2D eigenvalue weighted by atomic mass is 35.5. The van der Waals surface area contributed by atoms with Gasteiger partial charge in [-0.15, -0.1) is 12.4 Å². The molecule has 1 aromatic carbocycles. The fraction of sp³-hybridized carbons (Fsp3) is 0.357. The molecule has 0 saturated carbocycles. The minimum Gasteiger partial charge on any atom is -0.492 e. The van der Waals surface area contributed by atoms with E-state index >= 15 is 0 Å². The number of hydrogen-bond acceptors (Lipinski definition) is 3. The molecule has 2 N–H and O–H groups in total. The molecule has 1 unspecified atom stereocenters. The van der Waals surface area contributed by atoms with Crippen LogP contribution in [-0.2, 0) is 6.54 Å². The van der Waals surface area contributed by atoms with Gasteiger partial charge < -0.3 is 10.1 Å². The molecule has 0 spiro atoms. The third-order valence-corrected chi connectivity index (χ3v) is 2.87. The third-order valence-electron chi connectivity index (χ3n) is 2.87. The van der Waals surface area contributed by atoms with E-state index in [0.717, 1.165) is 17.8 Å². The van der Waals surface area contributed by atoms with Crippen LogP contribution in [0.5, 0.6) is 5.75 Å². The van der Waals surface area contributed by atoms with Crippen molar-refractivity contribution in [2.75, 3.05) is 6.61 Å². The largest absolute Gasteiger partial charge is 0.492 e. The van der Waals surface area contributed by atoms with Crippen LogP contribution in [0.3, 0.4) is 0 Å². The molecule has 0 aliphatic rings. The van der Waals surface area contributed by atoms with Crippen LogP contribution in [0.4, 0.5) is 4.39 Å². The van der Waals surface area contributed by atoms with E-state index in [0.29, 0.717) is 12.4 Å². The maximum atomic E-state index is 13.0. The number of nitrogens with zero attached hydrogens (tertiary/aromatic N) is 1. The number of aryl methyl sites for hydroxylation is 1. The van der Waals surface area contributed by atoms with Crippen LogP contribution in [0.15, 0.2) is 30.5 Å². The van der Waals surface area contributed by atoms with Crippen LogP contribution in [-0.4, -0.2) is 22.8 Å². The highest BCUT2D eigenvalue weighted by molar-refractivity contribution is 5.85. The molecule has 0 saturated heterocycles. The van der Waals surface area contributed by atoms with E-state index in [1.807, 2.05) is 20.0 Å². The molecular weight excluding hydrogens is 281 g/mol. The quantitative estimate of drug-likeness (QED) is 0.862. The molecule has 6 heteroatoms. The Hall–Kier alpha value is -1.59. The number of hydrogen-bond donors (Lipinski definition) is 2. The Morgan fingerprint density at radius 2 is 2.25 bits per heavy atom. The lowest BCUT2D eigenvalue weighted by molar-refractivity contribution is 0.271. The normalized spacial score (nSPS) is 11.8. The highest BCUT2D eigenvalue weighted by Crippen LogP contribution is 2.12. The van der Waals surface area contributed by atoms with E-state index in [9.17, 15) is 4.39 Å². The van der Waals surface area contributed by atoms with E-state index in [1.54, 1.807) is 12.1 Å². The van der Waals surface area contributed by atoms with Crippen LogP contribution in [0, 0.1) is 12.7 Å². The third kappa shape index (κ3) is 4.83. The smallest absolute Gasteiger partial charge is 0.126 e. The number of aromatic nitrogens is 2. The van der Waals surface area contributed by atoms with Crippen molar-refractivity contribution in [2.45, 2.75) is 26.4 Å². The fourth-order valence-electron chi connectivity index (χ4n) is 1.67. The van der Waals surface area contributed by atoms with Gasteiger partial charge in [0, 0.05) is 29.9 Å². The number of H-pyrrole nitrogens is 1. The van der Waals surface area contributed by atoms with Gasteiger partial charge >= 0.3 is 0 Å². The van der Waals surface area contributed by atoms with Crippen LogP contribution >= 0.6 is 12.4 Å². The van der Waals surface area contributed by atoms with Crippen molar-refractivity contribution in [3.63, 3.8) is 0 Å². The maximum absolute atomic E-state index is 13.0. The van der Waals surface area contributed by atoms with Gasteiger partial charge in [-0.25, -0.2) is 4.39 Å². The van der Waals surface area contributed by atoms with Gasteiger partial charge in [0.15, 0.2) is 0 Å². The van der Waals surface area contributed by atoms with E-state index in [4.69, 9.17) is 4.74 Å². The fourth-order valence-corrected chi connectivity index (χ4v) is 1.67. The summed E-state index contributed by atoms with van der Waals surface area (Å²) in [6, 6.07) is 6.33. The van der Waals surface area contributed by atoms with Crippen molar-refractivity contribution in [1.29, 1.82) is 0 Å². The van der Waals surface area contributed by atoms with Crippen molar-refractivity contribution in [3.05, 3.63) is 47.5 Å². The Kier molecular flexibility index (Phi) is 6.48. The van der Waals surface area contributed by atoms with E-state index in [2.05, 4.69) is 15.5 Å². The highest BCUT2D eigenvalue weighted by Gasteiger charge is 2.05. The molecule has 0 aliphatic heterocycles. The first kappa shape index (κ1) is 16.5. The summed E-state index contributed by atoms with van der Waals surface area (Å²) in [6.07, 6.45) is 1.81. The summed E-state index contributed by atoms with van der Waals surface area (Å²) in [5, 5.41) is 10.2. The summed E-state index contributed by atoms with van der Waals surface area (Å²) < 4.78 is 18.5. The van der Waals surface area contributed by atoms with Gasteiger partial charge in [0.1, 0.15) is 18.2 Å². The molecular formula is C14H19ClFN3O. The lowest BCUT2D eigenvalue weighted by Gasteiger charge is -2.14. The molecule has 2 rings (SSSR count). The Balaban J connectivity index is 0.00000200. The zero-order valence-electron chi connectivity index (χ0n) is 11.5. The molecule has 0 bridgehead atoms. The Morgan fingerprint density at radius 3 is 2.90 bits per heavy atom. The zero-order valence-corrected chi connectivity index (χ0v) is 12.3. The molecule has 0 aliphatic carbocycles. The number of rotatable bonds is 6. The minimum absolute atomic E-state index is 0. The van der Waals surface area contributed by atoms with Crippen LogP contribution < -0.4 is 10.1 Å². The SMILES string of the molecule is Cc1[nH]ncc1CNC(C)COc1cccc(F)c1.Cl. The van der Waals surface area contributed by atoms with E-state index in [-0.39, 0.29) is 24.3 Å². The minimum atomic E-state index is -0.285. The van der Waals surface area contributed by atoms with E-state index in [1.165, 1.54) is 12.1 Å². The van der Waals surface area contributed by atoms with Crippen LogP contribution in [0.1, 0.15) is 18.2 Å². The summed E-state index contributed by atoms with van der Waals surface area (Å²) in [7, 11) is 0. The first-order chi connectivity index (χ1) is 9.15. The monoisotopic (exact) mass is 299 g/mol. The van der Waals surface area contributed by atoms with Crippen molar-refractivity contribution >= 4 is 12.4 Å². The summed E-state index contributed by atoms with van der Waals surface area (Å²) >= 11 is 0. The van der Waals surface area contributed by atoms with Gasteiger partial charge in [0.2, 0.25) is 0 Å². The molecule has 0 fully saturated rings.